The summed E-state index contributed by atoms with van der Waals surface area (Å²) in [4.78, 5) is 11.1. The first-order chi connectivity index (χ1) is 10.0. The molecule has 2 aromatic rings. The molecule has 0 aliphatic carbocycles. The van der Waals surface area contributed by atoms with Gasteiger partial charge in [-0.25, -0.2) is 0 Å². The predicted octanol–water partition coefficient (Wildman–Crippen LogP) is 2.13. The number of nitrogens with two attached hydrogens (primary N) is 2. The second kappa shape index (κ2) is 5.97. The lowest BCUT2D eigenvalue weighted by Crippen LogP contribution is -2.11. The van der Waals surface area contributed by atoms with Crippen molar-refractivity contribution in [1.29, 1.82) is 5.26 Å². The van der Waals surface area contributed by atoms with Gasteiger partial charge in [0.1, 0.15) is 12.4 Å². The molecule has 0 aliphatic rings. The van der Waals surface area contributed by atoms with Crippen molar-refractivity contribution in [2.24, 2.45) is 5.73 Å². The number of anilines is 1. The lowest BCUT2D eigenvalue weighted by molar-refractivity contribution is 0.1000. The first-order valence-electron chi connectivity index (χ1n) is 6.33. The van der Waals surface area contributed by atoms with Gasteiger partial charge in [-0.05, 0) is 48.4 Å². The maximum Gasteiger partial charge on any atom is 0.248 e. The summed E-state index contributed by atoms with van der Waals surface area (Å²) in [5.41, 5.74) is 14.3. The zero-order valence-electron chi connectivity index (χ0n) is 11.6. The Kier molecular flexibility index (Phi) is 4.10. The van der Waals surface area contributed by atoms with E-state index in [9.17, 15) is 4.79 Å². The van der Waals surface area contributed by atoms with Crippen LogP contribution < -0.4 is 16.2 Å². The number of nitrogen functional groups attached to an aromatic ring is 1. The number of aryl methyl sites for hydroxylation is 1. The molecule has 0 radical (unpaired) electrons. The second-order valence-electron chi connectivity index (χ2n) is 4.66. The normalized spacial score (nSPS) is 9.90. The lowest BCUT2D eigenvalue weighted by Gasteiger charge is -2.11. The summed E-state index contributed by atoms with van der Waals surface area (Å²) in [6.45, 7) is 2.20. The Labute approximate surface area is 122 Å². The molecule has 0 fully saturated rings. The van der Waals surface area contributed by atoms with Crippen LogP contribution in [0.15, 0.2) is 36.4 Å². The van der Waals surface area contributed by atoms with Crippen molar-refractivity contribution >= 4 is 11.6 Å². The topological polar surface area (TPSA) is 102 Å². The van der Waals surface area contributed by atoms with Gasteiger partial charge in [-0.3, -0.25) is 4.79 Å². The number of hydrogen-bond acceptors (Lipinski definition) is 4. The van der Waals surface area contributed by atoms with Crippen molar-refractivity contribution in [2.75, 3.05) is 5.73 Å². The van der Waals surface area contributed by atoms with Gasteiger partial charge in [0.2, 0.25) is 5.91 Å². The molecule has 2 rings (SSSR count). The number of nitrogens with zero attached hydrogens (tertiary/aromatic N) is 1. The molecule has 4 N–H and O–H groups in total. The summed E-state index contributed by atoms with van der Waals surface area (Å²) in [6, 6.07) is 12.1. The van der Waals surface area contributed by atoms with E-state index in [1.165, 1.54) is 0 Å². The fourth-order valence-electron chi connectivity index (χ4n) is 1.92. The van der Waals surface area contributed by atoms with Gasteiger partial charge in [0.25, 0.3) is 0 Å². The third-order valence-corrected chi connectivity index (χ3v) is 3.15. The van der Waals surface area contributed by atoms with Gasteiger partial charge >= 0.3 is 0 Å². The minimum absolute atomic E-state index is 0.320. The van der Waals surface area contributed by atoms with E-state index in [2.05, 4.69) is 0 Å². The Bertz CT molecular complexity index is 733. The molecule has 0 aromatic heterocycles. The van der Waals surface area contributed by atoms with Gasteiger partial charge in [-0.1, -0.05) is 6.07 Å². The molecule has 2 aromatic carbocycles. The Morgan fingerprint density at radius 1 is 1.29 bits per heavy atom. The lowest BCUT2D eigenvalue weighted by atomic mass is 10.1. The van der Waals surface area contributed by atoms with Crippen LogP contribution in [0.25, 0.3) is 0 Å². The van der Waals surface area contributed by atoms with Crippen molar-refractivity contribution in [2.45, 2.75) is 13.5 Å². The van der Waals surface area contributed by atoms with Crippen molar-refractivity contribution in [3.05, 3.63) is 58.7 Å². The fourth-order valence-corrected chi connectivity index (χ4v) is 1.92. The average molecular weight is 281 g/mol. The quantitative estimate of drug-likeness (QED) is 0.838. The van der Waals surface area contributed by atoms with E-state index < -0.39 is 5.91 Å². The smallest absolute Gasteiger partial charge is 0.248 e. The first kappa shape index (κ1) is 14.4. The number of primary amides is 1. The molecule has 0 spiro atoms. The Morgan fingerprint density at radius 3 is 2.62 bits per heavy atom. The molecule has 21 heavy (non-hydrogen) atoms. The van der Waals surface area contributed by atoms with Crippen LogP contribution in [-0.4, -0.2) is 5.91 Å². The maximum atomic E-state index is 11.1. The zero-order chi connectivity index (χ0) is 15.4. The minimum Gasteiger partial charge on any atom is -0.487 e. The molecule has 0 atom stereocenters. The summed E-state index contributed by atoms with van der Waals surface area (Å²) < 4.78 is 5.65. The molecule has 0 saturated heterocycles. The van der Waals surface area contributed by atoms with E-state index in [0.717, 1.165) is 11.1 Å². The highest BCUT2D eigenvalue weighted by atomic mass is 16.5. The summed E-state index contributed by atoms with van der Waals surface area (Å²) in [5, 5.41) is 8.78. The number of benzene rings is 2. The molecule has 106 valence electrons. The van der Waals surface area contributed by atoms with Gasteiger partial charge in [0.15, 0.2) is 0 Å². The molecule has 0 saturated carbocycles. The Hall–Kier alpha value is -3.00. The molecule has 0 aliphatic heterocycles. The average Bonchev–Trinajstić information content (AvgIpc) is 2.46. The van der Waals surface area contributed by atoms with Crippen molar-refractivity contribution in [3.63, 3.8) is 0 Å². The summed E-state index contributed by atoms with van der Waals surface area (Å²) in [5.74, 6) is 0.0642. The highest BCUT2D eigenvalue weighted by Gasteiger charge is 2.06. The van der Waals surface area contributed by atoms with Crippen LogP contribution in [0.1, 0.15) is 27.0 Å². The third-order valence-electron chi connectivity index (χ3n) is 3.15. The van der Waals surface area contributed by atoms with Gasteiger partial charge in [-0.15, -0.1) is 0 Å². The van der Waals surface area contributed by atoms with Crippen LogP contribution in [0.5, 0.6) is 5.75 Å². The number of amides is 1. The second-order valence-corrected chi connectivity index (χ2v) is 4.66. The van der Waals surface area contributed by atoms with Crippen LogP contribution in [0, 0.1) is 18.3 Å². The van der Waals surface area contributed by atoms with Gasteiger partial charge in [0, 0.05) is 5.56 Å². The Morgan fingerprint density at radius 2 is 2.05 bits per heavy atom. The number of nitriles is 1. The monoisotopic (exact) mass is 281 g/mol. The van der Waals surface area contributed by atoms with Gasteiger partial charge in [0.05, 0.1) is 17.3 Å². The minimum atomic E-state index is -0.457. The van der Waals surface area contributed by atoms with Crippen molar-refractivity contribution in [1.82, 2.24) is 0 Å². The molecule has 1 amide bonds. The third kappa shape index (κ3) is 3.31. The molecular weight excluding hydrogens is 266 g/mol. The van der Waals surface area contributed by atoms with E-state index in [-0.39, 0.29) is 0 Å². The fraction of sp³-hybridized carbons (Fsp3) is 0.125. The number of hydrogen-bond donors (Lipinski definition) is 2. The molecule has 0 unspecified atom stereocenters. The van der Waals surface area contributed by atoms with E-state index >= 15 is 0 Å². The summed E-state index contributed by atoms with van der Waals surface area (Å²) in [6.07, 6.45) is 0. The van der Waals surface area contributed by atoms with Crippen molar-refractivity contribution < 1.29 is 9.53 Å². The van der Waals surface area contributed by atoms with E-state index in [1.807, 2.05) is 13.0 Å². The number of carbonyl (C=O) groups is 1. The van der Waals surface area contributed by atoms with E-state index in [0.29, 0.717) is 29.2 Å². The molecule has 5 nitrogen and oxygen atoms in total. The predicted molar refractivity (Wildman–Crippen MR) is 79.6 cm³/mol. The molecule has 5 heteroatoms. The van der Waals surface area contributed by atoms with E-state index in [1.54, 1.807) is 36.4 Å². The Balaban J connectivity index is 2.13. The SMILES string of the molecule is Cc1cc(C(N)=O)ccc1COc1ccc(C#N)cc1N. The van der Waals surface area contributed by atoms with Crippen LogP contribution >= 0.6 is 0 Å². The molecule has 0 heterocycles. The molecule has 0 bridgehead atoms. The van der Waals surface area contributed by atoms with Crippen LogP contribution in [0.3, 0.4) is 0 Å². The number of rotatable bonds is 4. The first-order valence-corrected chi connectivity index (χ1v) is 6.33. The van der Waals surface area contributed by atoms with Crippen LogP contribution in [0.2, 0.25) is 0 Å². The largest absolute Gasteiger partial charge is 0.487 e. The van der Waals surface area contributed by atoms with E-state index in [4.69, 9.17) is 21.5 Å². The van der Waals surface area contributed by atoms with Crippen LogP contribution in [-0.2, 0) is 6.61 Å². The highest BCUT2D eigenvalue weighted by Crippen LogP contribution is 2.24. The van der Waals surface area contributed by atoms with Gasteiger partial charge in [-0.2, -0.15) is 5.26 Å². The highest BCUT2D eigenvalue weighted by molar-refractivity contribution is 5.93. The standard InChI is InChI=1S/C16H15N3O2/c1-10-6-12(16(19)20)3-4-13(10)9-21-15-5-2-11(8-17)7-14(15)18/h2-7H,9,18H2,1H3,(H2,19,20). The summed E-state index contributed by atoms with van der Waals surface area (Å²) >= 11 is 0. The zero-order valence-corrected chi connectivity index (χ0v) is 11.6. The van der Waals surface area contributed by atoms with Crippen molar-refractivity contribution in [3.8, 4) is 11.8 Å². The van der Waals surface area contributed by atoms with Crippen LogP contribution in [0.4, 0.5) is 5.69 Å². The number of ether oxygens (including phenoxy) is 1. The number of carbonyl (C=O) groups excluding carboxylic acids is 1. The maximum absolute atomic E-state index is 11.1. The molecular formula is C16H15N3O2. The van der Waals surface area contributed by atoms with Gasteiger partial charge < -0.3 is 16.2 Å². The summed E-state index contributed by atoms with van der Waals surface area (Å²) in [7, 11) is 0.